The van der Waals surface area contributed by atoms with Crippen LogP contribution in [-0.2, 0) is 10.5 Å². The molecule has 1 unspecified atom stereocenters. The Morgan fingerprint density at radius 1 is 1.11 bits per heavy atom. The zero-order chi connectivity index (χ0) is 25.1. The van der Waals surface area contributed by atoms with E-state index in [1.165, 1.54) is 24.0 Å². The summed E-state index contributed by atoms with van der Waals surface area (Å²) in [6.45, 7) is 2.37. The molecule has 3 aliphatic rings. The van der Waals surface area contributed by atoms with Gasteiger partial charge in [0.1, 0.15) is 6.17 Å². The van der Waals surface area contributed by atoms with E-state index in [4.69, 9.17) is 9.26 Å². The molecule has 3 aromatic rings. The van der Waals surface area contributed by atoms with Gasteiger partial charge in [-0.25, -0.2) is 8.78 Å². The minimum Gasteiger partial charge on any atom is -0.474 e. The van der Waals surface area contributed by atoms with Gasteiger partial charge in [-0.1, -0.05) is 24.3 Å². The maximum absolute atomic E-state index is 15.2. The molecule has 7 nitrogen and oxygen atoms in total. The SMILES string of the molecule is C[C@@H]1CN2C(=O)c3c(OP)c(=O)ccn3N([C@@H]3c4ccccc4SCc4c3ccc(F)c4F)[C@@H]2CO1. The van der Waals surface area contributed by atoms with Crippen molar-refractivity contribution in [2.45, 2.75) is 35.9 Å². The van der Waals surface area contributed by atoms with Gasteiger partial charge in [-0.05, 0) is 30.2 Å². The van der Waals surface area contributed by atoms with E-state index < -0.39 is 29.3 Å². The molecule has 1 amide bonds. The normalized spacial score (nSPS) is 22.8. The van der Waals surface area contributed by atoms with Crippen LogP contribution in [-0.4, -0.2) is 40.9 Å². The lowest BCUT2D eigenvalue weighted by Crippen LogP contribution is -2.67. The minimum absolute atomic E-state index is 0.0707. The third kappa shape index (κ3) is 3.46. The number of carbonyl (C=O) groups excluding carboxylic acids is 1. The van der Waals surface area contributed by atoms with Crippen LogP contribution in [0.2, 0.25) is 0 Å². The van der Waals surface area contributed by atoms with Crippen molar-refractivity contribution in [2.75, 3.05) is 18.2 Å². The summed E-state index contributed by atoms with van der Waals surface area (Å²) in [6.07, 6.45) is 0.742. The lowest BCUT2D eigenvalue weighted by atomic mass is 9.93. The summed E-state index contributed by atoms with van der Waals surface area (Å²) in [5.74, 6) is -2.00. The van der Waals surface area contributed by atoms with Crippen LogP contribution in [0.15, 0.2) is 58.4 Å². The van der Waals surface area contributed by atoms with Gasteiger partial charge in [0.05, 0.1) is 28.2 Å². The summed E-state index contributed by atoms with van der Waals surface area (Å²) in [7, 11) is 2.04. The summed E-state index contributed by atoms with van der Waals surface area (Å²) < 4.78 is 42.4. The van der Waals surface area contributed by atoms with E-state index in [0.717, 1.165) is 16.5 Å². The van der Waals surface area contributed by atoms with Crippen LogP contribution in [0.25, 0.3) is 0 Å². The van der Waals surface area contributed by atoms with Crippen LogP contribution < -0.4 is 15.0 Å². The highest BCUT2D eigenvalue weighted by Gasteiger charge is 2.47. The number of benzene rings is 2. The van der Waals surface area contributed by atoms with Gasteiger partial charge < -0.3 is 14.2 Å². The number of rotatable bonds is 2. The standard InChI is InChI=1S/C25H22F2N3O4PS/c1-13-10-28-20(11-33-13)30(29-9-8-18(31)24(34-35)23(29)25(28)32)22-14-6-7-17(26)21(27)16(14)12-36-19-5-3-2-4-15(19)22/h2-9,13,20,22H,10-12,35H2,1H3/t13-,20-,22+/m1/s1. The molecule has 0 saturated carbocycles. The average molecular weight is 530 g/mol. The lowest BCUT2D eigenvalue weighted by molar-refractivity contribution is -0.0575. The second kappa shape index (κ2) is 8.87. The predicted octanol–water partition coefficient (Wildman–Crippen LogP) is 3.83. The van der Waals surface area contributed by atoms with Crippen LogP contribution in [0, 0.1) is 11.6 Å². The zero-order valence-electron chi connectivity index (χ0n) is 19.2. The molecule has 6 rings (SSSR count). The lowest BCUT2D eigenvalue weighted by Gasteiger charge is -2.52. The van der Waals surface area contributed by atoms with Crippen LogP contribution >= 0.6 is 21.2 Å². The number of carbonyl (C=O) groups is 1. The molecule has 4 heterocycles. The molecule has 0 bridgehead atoms. The number of halogens is 2. The highest BCUT2D eigenvalue weighted by atomic mass is 32.2. The highest BCUT2D eigenvalue weighted by molar-refractivity contribution is 7.98. The second-order valence-corrected chi connectivity index (χ2v) is 10.2. The molecular formula is C25H22F2N3O4PS. The Balaban J connectivity index is 1.67. The van der Waals surface area contributed by atoms with Crippen molar-refractivity contribution in [3.05, 3.63) is 92.9 Å². The number of ether oxygens (including phenoxy) is 1. The average Bonchev–Trinajstić information content (AvgIpc) is 3.04. The molecule has 2 aromatic carbocycles. The molecule has 0 aliphatic carbocycles. The Labute approximate surface area is 212 Å². The quantitative estimate of drug-likeness (QED) is 0.471. The van der Waals surface area contributed by atoms with Crippen molar-refractivity contribution in [3.63, 3.8) is 0 Å². The van der Waals surface area contributed by atoms with Gasteiger partial charge >= 0.3 is 0 Å². The molecule has 0 radical (unpaired) electrons. The number of morpholine rings is 1. The largest absolute Gasteiger partial charge is 0.474 e. The van der Waals surface area contributed by atoms with Gasteiger partial charge in [-0.3, -0.25) is 19.3 Å². The summed E-state index contributed by atoms with van der Waals surface area (Å²) >= 11 is 1.43. The molecular weight excluding hydrogens is 507 g/mol. The van der Waals surface area contributed by atoms with E-state index in [9.17, 15) is 14.0 Å². The maximum Gasteiger partial charge on any atom is 0.278 e. The fraction of sp³-hybridized carbons (Fsp3) is 0.280. The first-order valence-corrected chi connectivity index (χ1v) is 12.9. The first-order chi connectivity index (χ1) is 17.4. The van der Waals surface area contributed by atoms with E-state index in [1.54, 1.807) is 15.6 Å². The van der Waals surface area contributed by atoms with Crippen molar-refractivity contribution < 1.29 is 22.8 Å². The number of aromatic nitrogens is 1. The fourth-order valence-corrected chi connectivity index (χ4v) is 6.61. The van der Waals surface area contributed by atoms with Crippen molar-refractivity contribution in [3.8, 4) is 5.75 Å². The van der Waals surface area contributed by atoms with Crippen LogP contribution in [0.5, 0.6) is 5.75 Å². The number of amides is 1. The Morgan fingerprint density at radius 2 is 1.92 bits per heavy atom. The first kappa shape index (κ1) is 23.5. The number of fused-ring (bicyclic) bond motifs is 4. The Morgan fingerprint density at radius 3 is 2.72 bits per heavy atom. The molecule has 0 N–H and O–H groups in total. The van der Waals surface area contributed by atoms with Crippen LogP contribution in [0.4, 0.5) is 8.78 Å². The molecule has 3 aliphatic heterocycles. The molecule has 11 heteroatoms. The van der Waals surface area contributed by atoms with Gasteiger partial charge in [0, 0.05) is 35.0 Å². The molecule has 1 saturated heterocycles. The fourth-order valence-electron chi connectivity index (χ4n) is 5.27. The van der Waals surface area contributed by atoms with E-state index in [1.807, 2.05) is 45.7 Å². The topological polar surface area (TPSA) is 64.0 Å². The van der Waals surface area contributed by atoms with Crippen LogP contribution in [0.3, 0.4) is 0 Å². The van der Waals surface area contributed by atoms with Gasteiger partial charge in [0.2, 0.25) is 11.2 Å². The minimum atomic E-state index is -0.910. The van der Waals surface area contributed by atoms with Crippen molar-refractivity contribution in [1.82, 2.24) is 9.58 Å². The number of hydrogen-bond donors (Lipinski definition) is 0. The van der Waals surface area contributed by atoms with Crippen molar-refractivity contribution >= 4 is 27.1 Å². The number of hydrogen-bond acceptors (Lipinski definition) is 6. The number of nitrogens with zero attached hydrogens (tertiary/aromatic N) is 3. The van der Waals surface area contributed by atoms with E-state index in [0.29, 0.717) is 12.1 Å². The molecule has 186 valence electrons. The van der Waals surface area contributed by atoms with Gasteiger partial charge in [0.15, 0.2) is 17.3 Å². The second-order valence-electron chi connectivity index (χ2n) is 8.94. The zero-order valence-corrected chi connectivity index (χ0v) is 21.2. The molecule has 1 aromatic heterocycles. The number of thioether (sulfide) groups is 1. The van der Waals surface area contributed by atoms with E-state index in [-0.39, 0.29) is 41.4 Å². The summed E-state index contributed by atoms with van der Waals surface area (Å²) in [5.41, 5.74) is 1.35. The van der Waals surface area contributed by atoms with Gasteiger partial charge in [0.25, 0.3) is 5.91 Å². The Kier molecular flexibility index (Phi) is 5.78. The third-order valence-corrected chi connectivity index (χ3v) is 8.24. The van der Waals surface area contributed by atoms with E-state index >= 15 is 4.39 Å². The summed E-state index contributed by atoms with van der Waals surface area (Å²) in [5, 5.41) is 1.91. The number of pyridine rings is 1. The van der Waals surface area contributed by atoms with Crippen molar-refractivity contribution in [2.24, 2.45) is 0 Å². The predicted molar refractivity (Wildman–Crippen MR) is 134 cm³/mol. The molecule has 4 atom stereocenters. The third-order valence-electron chi connectivity index (χ3n) is 6.89. The molecule has 36 heavy (non-hydrogen) atoms. The smallest absolute Gasteiger partial charge is 0.278 e. The molecule has 0 spiro atoms. The summed E-state index contributed by atoms with van der Waals surface area (Å²) in [4.78, 5) is 28.9. The van der Waals surface area contributed by atoms with Crippen molar-refractivity contribution in [1.29, 1.82) is 0 Å². The summed E-state index contributed by atoms with van der Waals surface area (Å²) in [6, 6.07) is 11.1. The maximum atomic E-state index is 15.2. The Bertz CT molecular complexity index is 1450. The Hall–Kier alpha value is -2.94. The highest BCUT2D eigenvalue weighted by Crippen LogP contribution is 2.45. The van der Waals surface area contributed by atoms with Gasteiger partial charge in [-0.2, -0.15) is 0 Å². The monoisotopic (exact) mass is 529 g/mol. The first-order valence-electron chi connectivity index (χ1n) is 11.4. The van der Waals surface area contributed by atoms with Gasteiger partial charge in [-0.15, -0.1) is 11.8 Å². The molecule has 1 fully saturated rings. The van der Waals surface area contributed by atoms with E-state index in [2.05, 4.69) is 0 Å². The van der Waals surface area contributed by atoms with Crippen LogP contribution in [0.1, 0.15) is 40.1 Å².